The summed E-state index contributed by atoms with van der Waals surface area (Å²) in [5.74, 6) is 3.25. The van der Waals surface area contributed by atoms with Gasteiger partial charge in [-0.15, -0.1) is 0 Å². The van der Waals surface area contributed by atoms with E-state index in [9.17, 15) is 0 Å². The highest BCUT2D eigenvalue weighted by Crippen LogP contribution is 2.30. The van der Waals surface area contributed by atoms with E-state index in [0.29, 0.717) is 12.5 Å². The summed E-state index contributed by atoms with van der Waals surface area (Å²) in [5.41, 5.74) is 7.91. The van der Waals surface area contributed by atoms with Gasteiger partial charge in [0.05, 0.1) is 0 Å². The Morgan fingerprint density at radius 3 is 2.71 bits per heavy atom. The lowest BCUT2D eigenvalue weighted by atomic mass is 9.98. The molecule has 3 heteroatoms. The van der Waals surface area contributed by atoms with Gasteiger partial charge in [-0.1, -0.05) is 6.07 Å². The minimum absolute atomic E-state index is 0.591. The number of thioether (sulfide) groups is 1. The molecule has 0 amide bonds. The number of hydrogen-bond donors (Lipinski definition) is 1. The second-order valence-electron chi connectivity index (χ2n) is 3.68. The van der Waals surface area contributed by atoms with Crippen LogP contribution in [0.4, 0.5) is 0 Å². The summed E-state index contributed by atoms with van der Waals surface area (Å²) in [6, 6.07) is 4.24. The summed E-state index contributed by atoms with van der Waals surface area (Å²) in [6.45, 7) is 0.591. The molecule has 2 heterocycles. The van der Waals surface area contributed by atoms with E-state index >= 15 is 0 Å². The number of aromatic nitrogens is 1. The lowest BCUT2D eigenvalue weighted by Crippen LogP contribution is -2.09. The predicted octanol–water partition coefficient (Wildman–Crippen LogP) is 2.15. The first-order valence-electron chi connectivity index (χ1n) is 5.13. The van der Waals surface area contributed by atoms with Crippen molar-refractivity contribution in [2.75, 3.05) is 11.5 Å². The number of rotatable bonds is 2. The Bertz CT molecular complexity index is 278. The van der Waals surface area contributed by atoms with E-state index in [-0.39, 0.29) is 0 Å². The van der Waals surface area contributed by atoms with Crippen LogP contribution in [0.1, 0.15) is 30.0 Å². The summed E-state index contributed by atoms with van der Waals surface area (Å²) in [6.07, 6.45) is 4.47. The Balaban J connectivity index is 2.07. The lowest BCUT2D eigenvalue weighted by Gasteiger charge is -2.20. The summed E-state index contributed by atoms with van der Waals surface area (Å²) >= 11 is 2.05. The van der Waals surface area contributed by atoms with Gasteiger partial charge in [0.1, 0.15) is 0 Å². The van der Waals surface area contributed by atoms with Gasteiger partial charge in [-0.25, -0.2) is 0 Å². The van der Waals surface area contributed by atoms with Crippen molar-refractivity contribution in [2.45, 2.75) is 25.3 Å². The van der Waals surface area contributed by atoms with Gasteiger partial charge >= 0.3 is 0 Å². The van der Waals surface area contributed by atoms with Crippen LogP contribution in [-0.4, -0.2) is 16.5 Å². The zero-order valence-corrected chi connectivity index (χ0v) is 9.09. The average Bonchev–Trinajstić information content (AvgIpc) is 2.30. The molecular formula is C11H16N2S. The second-order valence-corrected chi connectivity index (χ2v) is 4.91. The molecule has 0 spiro atoms. The lowest BCUT2D eigenvalue weighted by molar-refractivity contribution is 0.618. The van der Waals surface area contributed by atoms with Crippen LogP contribution in [0.2, 0.25) is 0 Å². The van der Waals surface area contributed by atoms with Gasteiger partial charge < -0.3 is 5.73 Å². The zero-order chi connectivity index (χ0) is 9.80. The maximum Gasteiger partial charge on any atom is 0.0435 e. The van der Waals surface area contributed by atoms with Crippen LogP contribution >= 0.6 is 11.8 Å². The van der Waals surface area contributed by atoms with E-state index in [1.165, 1.54) is 30.0 Å². The van der Waals surface area contributed by atoms with Crippen LogP contribution in [0.15, 0.2) is 18.3 Å². The largest absolute Gasteiger partial charge is 0.326 e. The normalized spacial score (nSPS) is 18.4. The molecule has 0 radical (unpaired) electrons. The third kappa shape index (κ3) is 2.28. The molecule has 0 aromatic carbocycles. The summed E-state index contributed by atoms with van der Waals surface area (Å²) in [5, 5.41) is 0. The standard InChI is InChI=1S/C11H16N2S/c12-7-9-1-2-11(13-8-9)10-3-5-14-6-4-10/h1-2,8,10H,3-7,12H2. The van der Waals surface area contributed by atoms with Crippen LogP contribution < -0.4 is 5.73 Å². The molecule has 2 nitrogen and oxygen atoms in total. The molecule has 2 N–H and O–H groups in total. The number of nitrogens with two attached hydrogens (primary N) is 1. The molecule has 76 valence electrons. The van der Waals surface area contributed by atoms with E-state index in [0.717, 1.165) is 5.56 Å². The Morgan fingerprint density at radius 2 is 2.14 bits per heavy atom. The van der Waals surface area contributed by atoms with Crippen LogP contribution in [0.5, 0.6) is 0 Å². The van der Waals surface area contributed by atoms with Gasteiger partial charge in [-0.3, -0.25) is 4.98 Å². The second kappa shape index (κ2) is 4.80. The Labute approximate surface area is 89.3 Å². The fourth-order valence-electron chi connectivity index (χ4n) is 1.79. The van der Waals surface area contributed by atoms with Gasteiger partial charge in [0.15, 0.2) is 0 Å². The maximum atomic E-state index is 5.54. The minimum atomic E-state index is 0.591. The van der Waals surface area contributed by atoms with Crippen molar-refractivity contribution in [3.63, 3.8) is 0 Å². The number of nitrogens with zero attached hydrogens (tertiary/aromatic N) is 1. The van der Waals surface area contributed by atoms with Crippen LogP contribution in [-0.2, 0) is 6.54 Å². The minimum Gasteiger partial charge on any atom is -0.326 e. The van der Waals surface area contributed by atoms with E-state index in [2.05, 4.69) is 28.9 Å². The van der Waals surface area contributed by atoms with Gasteiger partial charge in [0.2, 0.25) is 0 Å². The van der Waals surface area contributed by atoms with E-state index in [1.807, 2.05) is 6.20 Å². The molecule has 1 aliphatic rings. The number of pyridine rings is 1. The first-order valence-corrected chi connectivity index (χ1v) is 6.28. The molecule has 1 aromatic rings. The molecular weight excluding hydrogens is 192 g/mol. The molecule has 1 fully saturated rings. The third-order valence-corrected chi connectivity index (χ3v) is 3.77. The molecule has 0 unspecified atom stereocenters. The predicted molar refractivity (Wildman–Crippen MR) is 61.4 cm³/mol. The highest BCUT2D eigenvalue weighted by Gasteiger charge is 2.16. The van der Waals surface area contributed by atoms with E-state index in [1.54, 1.807) is 0 Å². The summed E-state index contributed by atoms with van der Waals surface area (Å²) in [7, 11) is 0. The SMILES string of the molecule is NCc1ccc(C2CCSCC2)nc1. The van der Waals surface area contributed by atoms with Crippen molar-refractivity contribution in [3.8, 4) is 0 Å². The molecule has 0 aliphatic carbocycles. The Kier molecular flexibility index (Phi) is 3.43. The van der Waals surface area contributed by atoms with Gasteiger partial charge in [-0.2, -0.15) is 11.8 Å². The smallest absolute Gasteiger partial charge is 0.0435 e. The molecule has 1 aliphatic heterocycles. The van der Waals surface area contributed by atoms with Crippen LogP contribution in [0, 0.1) is 0 Å². The van der Waals surface area contributed by atoms with Gasteiger partial charge in [0, 0.05) is 24.4 Å². The first-order chi connectivity index (χ1) is 6.90. The quantitative estimate of drug-likeness (QED) is 0.809. The highest BCUT2D eigenvalue weighted by atomic mass is 32.2. The van der Waals surface area contributed by atoms with Crippen molar-refractivity contribution in [1.29, 1.82) is 0 Å². The molecule has 2 rings (SSSR count). The molecule has 0 bridgehead atoms. The topological polar surface area (TPSA) is 38.9 Å². The molecule has 1 aromatic heterocycles. The zero-order valence-electron chi connectivity index (χ0n) is 8.28. The molecule has 0 saturated carbocycles. The first kappa shape index (κ1) is 9.99. The molecule has 0 atom stereocenters. The molecule has 14 heavy (non-hydrogen) atoms. The summed E-state index contributed by atoms with van der Waals surface area (Å²) < 4.78 is 0. The third-order valence-electron chi connectivity index (χ3n) is 2.72. The van der Waals surface area contributed by atoms with E-state index < -0.39 is 0 Å². The maximum absolute atomic E-state index is 5.54. The van der Waals surface area contributed by atoms with Gasteiger partial charge in [0.25, 0.3) is 0 Å². The highest BCUT2D eigenvalue weighted by molar-refractivity contribution is 7.99. The Morgan fingerprint density at radius 1 is 1.36 bits per heavy atom. The number of hydrogen-bond acceptors (Lipinski definition) is 3. The van der Waals surface area contributed by atoms with Crippen molar-refractivity contribution >= 4 is 11.8 Å². The van der Waals surface area contributed by atoms with Crippen LogP contribution in [0.3, 0.4) is 0 Å². The van der Waals surface area contributed by atoms with Crippen molar-refractivity contribution in [1.82, 2.24) is 4.98 Å². The average molecular weight is 208 g/mol. The monoisotopic (exact) mass is 208 g/mol. The van der Waals surface area contributed by atoms with E-state index in [4.69, 9.17) is 5.73 Å². The van der Waals surface area contributed by atoms with Gasteiger partial charge in [-0.05, 0) is 36.0 Å². The fraction of sp³-hybridized carbons (Fsp3) is 0.545. The van der Waals surface area contributed by atoms with Crippen molar-refractivity contribution in [3.05, 3.63) is 29.6 Å². The molecule has 1 saturated heterocycles. The van der Waals surface area contributed by atoms with Crippen LogP contribution in [0.25, 0.3) is 0 Å². The van der Waals surface area contributed by atoms with Crippen molar-refractivity contribution in [2.24, 2.45) is 5.73 Å². The summed E-state index contributed by atoms with van der Waals surface area (Å²) in [4.78, 5) is 4.48. The van der Waals surface area contributed by atoms with Crippen molar-refractivity contribution < 1.29 is 0 Å². The Hall–Kier alpha value is -0.540. The fourth-order valence-corrected chi connectivity index (χ4v) is 2.90.